The lowest BCUT2D eigenvalue weighted by Crippen LogP contribution is -2.11. The molecule has 2 heterocycles. The lowest BCUT2D eigenvalue weighted by molar-refractivity contribution is 0.112. The number of anilines is 1. The van der Waals surface area contributed by atoms with Crippen LogP contribution in [0.15, 0.2) is 30.3 Å². The number of hydrogen-bond acceptors (Lipinski definition) is 6. The second-order valence-electron chi connectivity index (χ2n) is 4.18. The third kappa shape index (κ3) is 3.53. The molecule has 3 rings (SSSR count). The van der Waals surface area contributed by atoms with Crippen LogP contribution in [0.2, 0.25) is 5.02 Å². The van der Waals surface area contributed by atoms with Crippen LogP contribution >= 0.6 is 34.3 Å². The number of carbonyl (C=O) groups is 1. The molecule has 108 valence electrons. The predicted molar refractivity (Wildman–Crippen MR) is 88.3 cm³/mol. The molecule has 0 spiro atoms. The van der Waals surface area contributed by atoms with E-state index in [1.54, 1.807) is 12.1 Å². The van der Waals surface area contributed by atoms with E-state index >= 15 is 0 Å². The highest BCUT2D eigenvalue weighted by molar-refractivity contribution is 7.29. The van der Waals surface area contributed by atoms with E-state index in [4.69, 9.17) is 16.3 Å². The number of halogens is 1. The summed E-state index contributed by atoms with van der Waals surface area (Å²) in [5.41, 5.74) is 0. The maximum Gasteiger partial charge on any atom is 0.184 e. The fourth-order valence-corrected chi connectivity index (χ4v) is 3.84. The Kier molecular flexibility index (Phi) is 4.38. The van der Waals surface area contributed by atoms with Crippen LogP contribution in [-0.2, 0) is 0 Å². The first-order valence-corrected chi connectivity index (χ1v) is 8.23. The van der Waals surface area contributed by atoms with E-state index in [1.165, 1.54) is 22.7 Å². The molecule has 0 radical (unpaired) electrons. The Bertz CT molecular complexity index is 721. The molecule has 2 aromatic heterocycles. The standard InChI is InChI=1S/C14H11ClN2O2S2/c15-9-1-3-10(4-2-9)19-6-5-16-14-17-13-12(21-14)7-11(8-18)20-13/h1-4,7-8H,5-6H2,(H,16,17). The van der Waals surface area contributed by atoms with Crippen LogP contribution in [0.3, 0.4) is 0 Å². The number of thiophene rings is 1. The van der Waals surface area contributed by atoms with Gasteiger partial charge < -0.3 is 10.1 Å². The van der Waals surface area contributed by atoms with Gasteiger partial charge in [-0.3, -0.25) is 4.79 Å². The number of aromatic nitrogens is 1. The van der Waals surface area contributed by atoms with E-state index < -0.39 is 0 Å². The summed E-state index contributed by atoms with van der Waals surface area (Å²) >= 11 is 8.75. The van der Waals surface area contributed by atoms with Gasteiger partial charge >= 0.3 is 0 Å². The minimum atomic E-state index is 0.536. The fraction of sp³-hybridized carbons (Fsp3) is 0.143. The Balaban J connectivity index is 1.50. The van der Waals surface area contributed by atoms with Crippen LogP contribution in [0, 0.1) is 0 Å². The molecule has 4 nitrogen and oxygen atoms in total. The monoisotopic (exact) mass is 338 g/mol. The molecular formula is C14H11ClN2O2S2. The van der Waals surface area contributed by atoms with Crippen molar-refractivity contribution >= 4 is 55.2 Å². The molecule has 0 aliphatic carbocycles. The van der Waals surface area contributed by atoms with Gasteiger partial charge in [0.1, 0.15) is 17.2 Å². The zero-order valence-corrected chi connectivity index (χ0v) is 13.2. The first-order valence-electron chi connectivity index (χ1n) is 6.22. The van der Waals surface area contributed by atoms with Crippen molar-refractivity contribution < 1.29 is 9.53 Å². The van der Waals surface area contributed by atoms with Gasteiger partial charge in [0.25, 0.3) is 0 Å². The van der Waals surface area contributed by atoms with Crippen molar-refractivity contribution in [3.63, 3.8) is 0 Å². The number of aldehydes is 1. The maximum absolute atomic E-state index is 10.7. The topological polar surface area (TPSA) is 51.2 Å². The normalized spacial score (nSPS) is 10.7. The molecular weight excluding hydrogens is 328 g/mol. The molecule has 7 heteroatoms. The summed E-state index contributed by atoms with van der Waals surface area (Å²) in [7, 11) is 0. The Labute approximate surface area is 134 Å². The van der Waals surface area contributed by atoms with Crippen molar-refractivity contribution in [1.82, 2.24) is 4.98 Å². The average molecular weight is 339 g/mol. The van der Waals surface area contributed by atoms with Gasteiger partial charge in [-0.1, -0.05) is 22.9 Å². The van der Waals surface area contributed by atoms with Crippen LogP contribution in [-0.4, -0.2) is 24.4 Å². The number of nitrogens with one attached hydrogen (secondary N) is 1. The lowest BCUT2D eigenvalue weighted by atomic mass is 10.3. The van der Waals surface area contributed by atoms with Crippen LogP contribution in [0.1, 0.15) is 9.67 Å². The van der Waals surface area contributed by atoms with Crippen LogP contribution < -0.4 is 10.1 Å². The zero-order valence-electron chi connectivity index (χ0n) is 10.8. The van der Waals surface area contributed by atoms with Crippen molar-refractivity contribution in [3.8, 4) is 5.75 Å². The summed E-state index contributed by atoms with van der Waals surface area (Å²) in [5, 5.41) is 4.75. The third-order valence-corrected chi connectivity index (χ3v) is 4.98. The summed E-state index contributed by atoms with van der Waals surface area (Å²) in [6, 6.07) is 9.12. The number of benzene rings is 1. The number of nitrogens with zero attached hydrogens (tertiary/aromatic N) is 1. The van der Waals surface area contributed by atoms with Gasteiger partial charge in [0.05, 0.1) is 16.1 Å². The summed E-state index contributed by atoms with van der Waals surface area (Å²) < 4.78 is 6.62. The van der Waals surface area contributed by atoms with Gasteiger partial charge in [-0.15, -0.1) is 11.3 Å². The summed E-state index contributed by atoms with van der Waals surface area (Å²) in [4.78, 5) is 16.7. The SMILES string of the molecule is O=Cc1cc2sc(NCCOc3ccc(Cl)cc3)nc2s1. The highest BCUT2D eigenvalue weighted by Gasteiger charge is 2.07. The second kappa shape index (κ2) is 6.43. The first-order chi connectivity index (χ1) is 10.2. The van der Waals surface area contributed by atoms with Gasteiger partial charge in [-0.25, -0.2) is 4.98 Å². The highest BCUT2D eigenvalue weighted by Crippen LogP contribution is 2.31. The zero-order chi connectivity index (χ0) is 14.7. The van der Waals surface area contributed by atoms with E-state index in [2.05, 4.69) is 10.3 Å². The predicted octanol–water partition coefficient (Wildman–Crippen LogP) is 4.31. The lowest BCUT2D eigenvalue weighted by Gasteiger charge is -2.06. The van der Waals surface area contributed by atoms with Crippen LogP contribution in [0.25, 0.3) is 9.53 Å². The van der Waals surface area contributed by atoms with E-state index in [0.29, 0.717) is 23.1 Å². The summed E-state index contributed by atoms with van der Waals surface area (Å²) in [5.74, 6) is 0.789. The summed E-state index contributed by atoms with van der Waals surface area (Å²) in [6.07, 6.45) is 0.853. The minimum absolute atomic E-state index is 0.536. The van der Waals surface area contributed by atoms with Gasteiger partial charge in [0.2, 0.25) is 0 Å². The fourth-order valence-electron chi connectivity index (χ4n) is 1.74. The molecule has 1 aromatic carbocycles. The maximum atomic E-state index is 10.7. The molecule has 0 atom stereocenters. The smallest absolute Gasteiger partial charge is 0.184 e. The molecule has 0 saturated carbocycles. The van der Waals surface area contributed by atoms with Crippen molar-refractivity contribution in [2.75, 3.05) is 18.5 Å². The summed E-state index contributed by atoms with van der Waals surface area (Å²) in [6.45, 7) is 1.19. The number of thiazole rings is 1. The molecule has 0 aliphatic heterocycles. The molecule has 0 amide bonds. The average Bonchev–Trinajstić information content (AvgIpc) is 3.03. The van der Waals surface area contributed by atoms with Gasteiger partial charge in [-0.05, 0) is 30.3 Å². The van der Waals surface area contributed by atoms with Crippen molar-refractivity contribution in [1.29, 1.82) is 0 Å². The highest BCUT2D eigenvalue weighted by atomic mass is 35.5. The van der Waals surface area contributed by atoms with E-state index in [0.717, 1.165) is 26.7 Å². The molecule has 0 bridgehead atoms. The van der Waals surface area contributed by atoms with E-state index in [-0.39, 0.29) is 0 Å². The first kappa shape index (κ1) is 14.3. The molecule has 3 aromatic rings. The number of hydrogen-bond donors (Lipinski definition) is 1. The van der Waals surface area contributed by atoms with Gasteiger partial charge in [-0.2, -0.15) is 0 Å². The van der Waals surface area contributed by atoms with Crippen molar-refractivity contribution in [2.45, 2.75) is 0 Å². The molecule has 0 fully saturated rings. The van der Waals surface area contributed by atoms with Gasteiger partial charge in [0.15, 0.2) is 11.4 Å². The molecule has 0 unspecified atom stereocenters. The quantitative estimate of drug-likeness (QED) is 0.537. The second-order valence-corrected chi connectivity index (χ2v) is 6.71. The Morgan fingerprint density at radius 1 is 1.29 bits per heavy atom. The van der Waals surface area contributed by atoms with E-state index in [1.807, 2.05) is 18.2 Å². The largest absolute Gasteiger partial charge is 0.492 e. The van der Waals surface area contributed by atoms with E-state index in [9.17, 15) is 4.79 Å². The van der Waals surface area contributed by atoms with Crippen molar-refractivity contribution in [2.24, 2.45) is 0 Å². The van der Waals surface area contributed by atoms with Gasteiger partial charge in [0, 0.05) is 5.02 Å². The number of ether oxygens (including phenoxy) is 1. The Morgan fingerprint density at radius 2 is 2.10 bits per heavy atom. The van der Waals surface area contributed by atoms with Crippen LogP contribution in [0.4, 0.5) is 5.13 Å². The Hall–Kier alpha value is -1.63. The number of rotatable bonds is 6. The minimum Gasteiger partial charge on any atom is -0.492 e. The molecule has 0 saturated heterocycles. The third-order valence-electron chi connectivity index (χ3n) is 2.69. The van der Waals surface area contributed by atoms with Crippen LogP contribution in [0.5, 0.6) is 5.75 Å². The number of fused-ring (bicyclic) bond motifs is 1. The number of carbonyl (C=O) groups excluding carboxylic acids is 1. The Morgan fingerprint density at radius 3 is 2.81 bits per heavy atom. The molecule has 0 aliphatic rings. The molecule has 21 heavy (non-hydrogen) atoms. The van der Waals surface area contributed by atoms with Crippen molar-refractivity contribution in [3.05, 3.63) is 40.2 Å². The molecule has 1 N–H and O–H groups in total.